The Bertz CT molecular complexity index is 461. The van der Waals surface area contributed by atoms with Crippen LogP contribution in [0.3, 0.4) is 0 Å². The standard InChI is InChI=1S/C18H30N2O/c1-7-9-19-13-15-11-16(18(4,5)6)20-17(12-15)21-10-8-14(2)3/h11-12,19H,2,7-10,13H2,1,3-6H3. The van der Waals surface area contributed by atoms with Crippen LogP contribution in [0, 0.1) is 0 Å². The van der Waals surface area contributed by atoms with Crippen LogP contribution in [0.15, 0.2) is 24.3 Å². The van der Waals surface area contributed by atoms with Gasteiger partial charge in [0.2, 0.25) is 5.88 Å². The molecule has 21 heavy (non-hydrogen) atoms. The number of hydrogen-bond acceptors (Lipinski definition) is 3. The Morgan fingerprint density at radius 3 is 2.62 bits per heavy atom. The third-order valence-electron chi connectivity index (χ3n) is 3.16. The summed E-state index contributed by atoms with van der Waals surface area (Å²) >= 11 is 0. The zero-order valence-electron chi connectivity index (χ0n) is 14.3. The van der Waals surface area contributed by atoms with Gasteiger partial charge in [0.15, 0.2) is 0 Å². The molecule has 0 spiro atoms. The molecule has 0 radical (unpaired) electrons. The summed E-state index contributed by atoms with van der Waals surface area (Å²) in [5, 5.41) is 3.43. The number of nitrogens with one attached hydrogen (secondary N) is 1. The van der Waals surface area contributed by atoms with Crippen molar-refractivity contribution in [2.75, 3.05) is 13.2 Å². The van der Waals surface area contributed by atoms with E-state index in [1.54, 1.807) is 0 Å². The van der Waals surface area contributed by atoms with Crippen molar-refractivity contribution >= 4 is 0 Å². The van der Waals surface area contributed by atoms with Crippen LogP contribution in [0.5, 0.6) is 5.88 Å². The van der Waals surface area contributed by atoms with Crippen molar-refractivity contribution < 1.29 is 4.74 Å². The van der Waals surface area contributed by atoms with Crippen molar-refractivity contribution in [2.24, 2.45) is 0 Å². The predicted octanol–water partition coefficient (Wildman–Crippen LogP) is 4.22. The van der Waals surface area contributed by atoms with Crippen LogP contribution in [-0.2, 0) is 12.0 Å². The Morgan fingerprint density at radius 1 is 1.33 bits per heavy atom. The molecule has 0 unspecified atom stereocenters. The van der Waals surface area contributed by atoms with E-state index in [2.05, 4.69) is 50.6 Å². The van der Waals surface area contributed by atoms with Gasteiger partial charge >= 0.3 is 0 Å². The van der Waals surface area contributed by atoms with Crippen LogP contribution in [0.4, 0.5) is 0 Å². The summed E-state index contributed by atoms with van der Waals surface area (Å²) in [5.41, 5.74) is 3.46. The fraction of sp³-hybridized carbons (Fsp3) is 0.611. The summed E-state index contributed by atoms with van der Waals surface area (Å²) in [6.07, 6.45) is 2.00. The van der Waals surface area contributed by atoms with Crippen molar-refractivity contribution in [1.82, 2.24) is 10.3 Å². The van der Waals surface area contributed by atoms with Crippen molar-refractivity contribution in [3.8, 4) is 5.88 Å². The number of ether oxygens (including phenoxy) is 1. The Hall–Kier alpha value is -1.35. The van der Waals surface area contributed by atoms with E-state index in [-0.39, 0.29) is 5.41 Å². The summed E-state index contributed by atoms with van der Waals surface area (Å²) < 4.78 is 5.80. The highest BCUT2D eigenvalue weighted by molar-refractivity contribution is 5.28. The van der Waals surface area contributed by atoms with Crippen LogP contribution in [0.2, 0.25) is 0 Å². The lowest BCUT2D eigenvalue weighted by Crippen LogP contribution is -2.18. The molecular weight excluding hydrogens is 260 g/mol. The molecule has 1 heterocycles. The molecule has 0 aliphatic heterocycles. The third kappa shape index (κ3) is 6.76. The first-order valence-electron chi connectivity index (χ1n) is 7.82. The third-order valence-corrected chi connectivity index (χ3v) is 3.16. The quantitative estimate of drug-likeness (QED) is 0.575. The van der Waals surface area contributed by atoms with Gasteiger partial charge in [-0.25, -0.2) is 4.98 Å². The Balaban J connectivity index is 2.84. The summed E-state index contributed by atoms with van der Waals surface area (Å²) in [6.45, 7) is 17.1. The van der Waals surface area contributed by atoms with Gasteiger partial charge in [0.05, 0.1) is 12.3 Å². The van der Waals surface area contributed by atoms with Gasteiger partial charge in [0.1, 0.15) is 0 Å². The van der Waals surface area contributed by atoms with Crippen LogP contribution >= 0.6 is 0 Å². The normalized spacial score (nSPS) is 11.5. The highest BCUT2D eigenvalue weighted by Gasteiger charge is 2.17. The van der Waals surface area contributed by atoms with Gasteiger partial charge in [0.25, 0.3) is 0 Å². The number of rotatable bonds is 8. The topological polar surface area (TPSA) is 34.1 Å². The number of pyridine rings is 1. The molecule has 0 saturated heterocycles. The molecule has 0 fully saturated rings. The van der Waals surface area contributed by atoms with E-state index in [1.807, 2.05) is 13.0 Å². The lowest BCUT2D eigenvalue weighted by Gasteiger charge is -2.20. The van der Waals surface area contributed by atoms with E-state index in [1.165, 1.54) is 5.56 Å². The molecule has 0 aromatic carbocycles. The summed E-state index contributed by atoms with van der Waals surface area (Å²) in [7, 11) is 0. The van der Waals surface area contributed by atoms with Crippen molar-refractivity contribution in [3.05, 3.63) is 35.5 Å². The Morgan fingerprint density at radius 2 is 2.05 bits per heavy atom. The van der Waals surface area contributed by atoms with Gasteiger partial charge in [0, 0.05) is 24.4 Å². The molecule has 1 rings (SSSR count). The molecule has 0 bridgehead atoms. The first-order chi connectivity index (χ1) is 9.82. The number of aromatic nitrogens is 1. The van der Waals surface area contributed by atoms with E-state index in [4.69, 9.17) is 4.74 Å². The number of nitrogens with zero attached hydrogens (tertiary/aromatic N) is 1. The smallest absolute Gasteiger partial charge is 0.213 e. The molecule has 1 aromatic heterocycles. The second kappa shape index (κ2) is 8.18. The highest BCUT2D eigenvalue weighted by atomic mass is 16.5. The average Bonchev–Trinajstić information content (AvgIpc) is 2.37. The van der Waals surface area contributed by atoms with Crippen LogP contribution in [-0.4, -0.2) is 18.1 Å². The molecule has 1 aromatic rings. The number of hydrogen-bond donors (Lipinski definition) is 1. The largest absolute Gasteiger partial charge is 0.477 e. The highest BCUT2D eigenvalue weighted by Crippen LogP contribution is 2.24. The lowest BCUT2D eigenvalue weighted by molar-refractivity contribution is 0.306. The molecule has 0 amide bonds. The molecule has 0 aliphatic carbocycles. The van der Waals surface area contributed by atoms with Crippen molar-refractivity contribution in [2.45, 2.75) is 59.4 Å². The zero-order valence-corrected chi connectivity index (χ0v) is 14.3. The second-order valence-electron chi connectivity index (χ2n) is 6.68. The van der Waals surface area contributed by atoms with Gasteiger partial charge in [-0.15, -0.1) is 6.58 Å². The molecular formula is C18H30N2O. The zero-order chi connectivity index (χ0) is 15.9. The minimum atomic E-state index is 0.0211. The van der Waals surface area contributed by atoms with Crippen molar-refractivity contribution in [1.29, 1.82) is 0 Å². The first-order valence-corrected chi connectivity index (χ1v) is 7.82. The maximum absolute atomic E-state index is 5.80. The average molecular weight is 290 g/mol. The summed E-state index contributed by atoms with van der Waals surface area (Å²) in [6, 6.07) is 4.21. The second-order valence-corrected chi connectivity index (χ2v) is 6.68. The fourth-order valence-corrected chi connectivity index (χ4v) is 1.86. The molecule has 3 nitrogen and oxygen atoms in total. The summed E-state index contributed by atoms with van der Waals surface area (Å²) in [4.78, 5) is 4.65. The lowest BCUT2D eigenvalue weighted by atomic mass is 9.91. The van der Waals surface area contributed by atoms with Crippen LogP contribution in [0.25, 0.3) is 0 Å². The van der Waals surface area contributed by atoms with E-state index in [0.717, 1.165) is 43.1 Å². The molecule has 0 saturated carbocycles. The molecule has 1 N–H and O–H groups in total. The molecule has 3 heteroatoms. The summed E-state index contributed by atoms with van der Waals surface area (Å²) in [5.74, 6) is 0.719. The Labute approximate surface area is 129 Å². The Kier molecular flexibility index (Phi) is 6.90. The maximum atomic E-state index is 5.80. The van der Waals surface area contributed by atoms with Gasteiger partial charge in [-0.1, -0.05) is 33.3 Å². The predicted molar refractivity (Wildman–Crippen MR) is 89.9 cm³/mol. The molecule has 0 atom stereocenters. The van der Waals surface area contributed by atoms with Crippen LogP contribution in [0.1, 0.15) is 58.7 Å². The van der Waals surface area contributed by atoms with Gasteiger partial charge in [-0.3, -0.25) is 0 Å². The fourth-order valence-electron chi connectivity index (χ4n) is 1.86. The van der Waals surface area contributed by atoms with Gasteiger partial charge in [-0.05, 0) is 31.5 Å². The van der Waals surface area contributed by atoms with E-state index >= 15 is 0 Å². The molecule has 0 aliphatic rings. The first kappa shape index (κ1) is 17.7. The van der Waals surface area contributed by atoms with Crippen molar-refractivity contribution in [3.63, 3.8) is 0 Å². The minimum Gasteiger partial charge on any atom is -0.477 e. The SMILES string of the molecule is C=C(C)CCOc1cc(CNCCC)cc(C(C)(C)C)n1. The molecule has 118 valence electrons. The van der Waals surface area contributed by atoms with E-state index < -0.39 is 0 Å². The monoisotopic (exact) mass is 290 g/mol. The van der Waals surface area contributed by atoms with E-state index in [9.17, 15) is 0 Å². The van der Waals surface area contributed by atoms with Gasteiger partial charge < -0.3 is 10.1 Å². The van der Waals surface area contributed by atoms with E-state index in [0.29, 0.717) is 6.61 Å². The maximum Gasteiger partial charge on any atom is 0.213 e. The minimum absolute atomic E-state index is 0.0211. The van der Waals surface area contributed by atoms with Crippen LogP contribution < -0.4 is 10.1 Å². The van der Waals surface area contributed by atoms with Gasteiger partial charge in [-0.2, -0.15) is 0 Å².